The maximum atomic E-state index is 13.0. The van der Waals surface area contributed by atoms with E-state index in [-0.39, 0.29) is 5.91 Å². The van der Waals surface area contributed by atoms with Crippen molar-refractivity contribution in [3.63, 3.8) is 0 Å². The summed E-state index contributed by atoms with van der Waals surface area (Å²) in [5, 5.41) is 4.28. The molecule has 0 spiro atoms. The van der Waals surface area contributed by atoms with Crippen LogP contribution in [-0.2, 0) is 0 Å². The van der Waals surface area contributed by atoms with E-state index in [1.807, 2.05) is 41.4 Å². The number of carbonyl (C=O) groups excluding carboxylic acids is 1. The van der Waals surface area contributed by atoms with Crippen molar-refractivity contribution in [1.82, 2.24) is 19.6 Å². The Morgan fingerprint density at radius 2 is 1.75 bits per heavy atom. The van der Waals surface area contributed by atoms with Gasteiger partial charge in [0.15, 0.2) is 0 Å². The van der Waals surface area contributed by atoms with E-state index in [2.05, 4.69) is 10.00 Å². The van der Waals surface area contributed by atoms with Crippen LogP contribution >= 0.6 is 0 Å². The molecule has 126 valence electrons. The number of para-hydroxylation sites is 1. The van der Waals surface area contributed by atoms with Crippen LogP contribution in [0, 0.1) is 0 Å². The highest BCUT2D eigenvalue weighted by Crippen LogP contribution is 2.25. The van der Waals surface area contributed by atoms with Crippen LogP contribution in [0.1, 0.15) is 36.0 Å². The van der Waals surface area contributed by atoms with Gasteiger partial charge in [0, 0.05) is 44.6 Å². The molecule has 2 fully saturated rings. The molecule has 0 bridgehead atoms. The molecule has 1 amide bonds. The number of nitrogens with zero attached hydrogens (tertiary/aromatic N) is 4. The van der Waals surface area contributed by atoms with Gasteiger partial charge in [-0.3, -0.25) is 9.69 Å². The summed E-state index contributed by atoms with van der Waals surface area (Å²) in [7, 11) is 0. The van der Waals surface area contributed by atoms with Gasteiger partial charge >= 0.3 is 0 Å². The minimum atomic E-state index is 0.118. The third-order valence-electron chi connectivity index (χ3n) is 5.33. The summed E-state index contributed by atoms with van der Waals surface area (Å²) < 4.78 is 1.77. The Bertz CT molecular complexity index is 683. The maximum absolute atomic E-state index is 13.0. The van der Waals surface area contributed by atoms with Crippen molar-refractivity contribution in [2.24, 2.45) is 0 Å². The summed E-state index contributed by atoms with van der Waals surface area (Å²) >= 11 is 0. The highest BCUT2D eigenvalue weighted by Gasteiger charge is 2.29. The van der Waals surface area contributed by atoms with E-state index in [0.717, 1.165) is 43.5 Å². The summed E-state index contributed by atoms with van der Waals surface area (Å²) in [6.07, 6.45) is 9.00. The number of piperazine rings is 1. The zero-order valence-electron chi connectivity index (χ0n) is 14.0. The number of aromatic nitrogens is 2. The molecule has 0 radical (unpaired) electrons. The first-order valence-electron chi connectivity index (χ1n) is 8.95. The third-order valence-corrected chi connectivity index (χ3v) is 5.33. The molecule has 0 atom stereocenters. The van der Waals surface area contributed by atoms with E-state index in [4.69, 9.17) is 0 Å². The van der Waals surface area contributed by atoms with Crippen molar-refractivity contribution in [1.29, 1.82) is 0 Å². The first-order chi connectivity index (χ1) is 11.8. The molecule has 1 saturated carbocycles. The lowest BCUT2D eigenvalue weighted by Gasteiger charge is -2.38. The largest absolute Gasteiger partial charge is 0.336 e. The maximum Gasteiger partial charge on any atom is 0.256 e. The van der Waals surface area contributed by atoms with E-state index in [0.29, 0.717) is 0 Å². The van der Waals surface area contributed by atoms with Gasteiger partial charge in [0.05, 0.1) is 11.3 Å². The monoisotopic (exact) mass is 324 g/mol. The van der Waals surface area contributed by atoms with Gasteiger partial charge in [-0.15, -0.1) is 0 Å². The van der Waals surface area contributed by atoms with E-state index in [1.165, 1.54) is 25.7 Å². The zero-order chi connectivity index (χ0) is 16.4. The highest BCUT2D eigenvalue weighted by molar-refractivity contribution is 5.97. The minimum absolute atomic E-state index is 0.118. The average Bonchev–Trinajstić information content (AvgIpc) is 3.35. The normalized spacial score (nSPS) is 19.8. The molecule has 1 aliphatic carbocycles. The second-order valence-corrected chi connectivity index (χ2v) is 6.73. The second kappa shape index (κ2) is 6.77. The number of hydrogen-bond acceptors (Lipinski definition) is 3. The minimum Gasteiger partial charge on any atom is -0.336 e. The van der Waals surface area contributed by atoms with Crippen molar-refractivity contribution in [2.75, 3.05) is 26.2 Å². The molecule has 1 saturated heterocycles. The van der Waals surface area contributed by atoms with Crippen LogP contribution in [0.4, 0.5) is 0 Å². The first-order valence-corrected chi connectivity index (χ1v) is 8.95. The molecule has 0 unspecified atom stereocenters. The van der Waals surface area contributed by atoms with Crippen LogP contribution in [0.5, 0.6) is 0 Å². The second-order valence-electron chi connectivity index (χ2n) is 6.73. The Hall–Kier alpha value is -2.14. The van der Waals surface area contributed by atoms with Gasteiger partial charge < -0.3 is 4.90 Å². The fourth-order valence-corrected chi connectivity index (χ4v) is 4.00. The molecule has 1 aromatic heterocycles. The number of rotatable bonds is 3. The standard InChI is InChI=1S/C19H24N4O/c24-19(17-8-3-4-9-18(17)23-11-5-10-20-23)22-14-12-21(13-15-22)16-6-1-2-7-16/h3-5,8-11,16H,1-2,6-7,12-15H2. The summed E-state index contributed by atoms with van der Waals surface area (Å²) in [6, 6.07) is 10.4. The predicted molar refractivity (Wildman–Crippen MR) is 93.3 cm³/mol. The van der Waals surface area contributed by atoms with Crippen LogP contribution < -0.4 is 0 Å². The zero-order valence-corrected chi connectivity index (χ0v) is 14.0. The Morgan fingerprint density at radius 3 is 2.46 bits per heavy atom. The Labute approximate surface area is 142 Å². The van der Waals surface area contributed by atoms with Crippen molar-refractivity contribution in [3.8, 4) is 5.69 Å². The fraction of sp³-hybridized carbons (Fsp3) is 0.474. The van der Waals surface area contributed by atoms with Crippen molar-refractivity contribution >= 4 is 5.91 Å². The molecule has 2 heterocycles. The summed E-state index contributed by atoms with van der Waals surface area (Å²) in [5.41, 5.74) is 1.58. The molecule has 0 N–H and O–H groups in total. The van der Waals surface area contributed by atoms with Gasteiger partial charge in [0.25, 0.3) is 5.91 Å². The number of hydrogen-bond donors (Lipinski definition) is 0. The van der Waals surface area contributed by atoms with Gasteiger partial charge in [-0.2, -0.15) is 5.10 Å². The Balaban J connectivity index is 1.47. The highest BCUT2D eigenvalue weighted by atomic mass is 16.2. The molecular formula is C19H24N4O. The number of amides is 1. The fourth-order valence-electron chi connectivity index (χ4n) is 4.00. The van der Waals surface area contributed by atoms with Gasteiger partial charge in [0.1, 0.15) is 0 Å². The van der Waals surface area contributed by atoms with Crippen LogP contribution in [0.2, 0.25) is 0 Å². The van der Waals surface area contributed by atoms with Crippen molar-refractivity contribution in [2.45, 2.75) is 31.7 Å². The van der Waals surface area contributed by atoms with E-state index in [1.54, 1.807) is 10.9 Å². The van der Waals surface area contributed by atoms with Gasteiger partial charge in [-0.25, -0.2) is 4.68 Å². The lowest BCUT2D eigenvalue weighted by atomic mass is 10.1. The van der Waals surface area contributed by atoms with E-state index >= 15 is 0 Å². The Morgan fingerprint density at radius 1 is 1.00 bits per heavy atom. The molecule has 1 aliphatic heterocycles. The van der Waals surface area contributed by atoms with Gasteiger partial charge in [0.2, 0.25) is 0 Å². The SMILES string of the molecule is O=C(c1ccccc1-n1cccn1)N1CCN(C2CCCC2)CC1. The molecule has 1 aromatic carbocycles. The van der Waals surface area contributed by atoms with Crippen LogP contribution in [0.25, 0.3) is 5.69 Å². The molecule has 4 rings (SSSR count). The molecule has 2 aliphatic rings. The van der Waals surface area contributed by atoms with Crippen molar-refractivity contribution in [3.05, 3.63) is 48.3 Å². The predicted octanol–water partition coefficient (Wildman–Crippen LogP) is 2.57. The number of benzene rings is 1. The van der Waals surface area contributed by atoms with Gasteiger partial charge in [-0.1, -0.05) is 25.0 Å². The molecule has 5 nitrogen and oxygen atoms in total. The summed E-state index contributed by atoms with van der Waals surface area (Å²) in [5.74, 6) is 0.118. The summed E-state index contributed by atoms with van der Waals surface area (Å²) in [4.78, 5) is 17.6. The van der Waals surface area contributed by atoms with E-state index < -0.39 is 0 Å². The quantitative estimate of drug-likeness (QED) is 0.871. The van der Waals surface area contributed by atoms with Crippen LogP contribution in [0.3, 0.4) is 0 Å². The first kappa shape index (κ1) is 15.4. The Kier molecular flexibility index (Phi) is 4.34. The molecular weight excluding hydrogens is 300 g/mol. The third kappa shape index (κ3) is 2.96. The van der Waals surface area contributed by atoms with Crippen LogP contribution in [-0.4, -0.2) is 57.7 Å². The number of carbonyl (C=O) groups is 1. The summed E-state index contributed by atoms with van der Waals surface area (Å²) in [6.45, 7) is 3.65. The molecule has 2 aromatic rings. The molecule has 24 heavy (non-hydrogen) atoms. The van der Waals surface area contributed by atoms with Crippen LogP contribution in [0.15, 0.2) is 42.7 Å². The van der Waals surface area contributed by atoms with E-state index in [9.17, 15) is 4.79 Å². The van der Waals surface area contributed by atoms with Crippen molar-refractivity contribution < 1.29 is 4.79 Å². The lowest BCUT2D eigenvalue weighted by molar-refractivity contribution is 0.0573. The topological polar surface area (TPSA) is 41.4 Å². The van der Waals surface area contributed by atoms with Gasteiger partial charge in [-0.05, 0) is 31.0 Å². The smallest absolute Gasteiger partial charge is 0.256 e. The average molecular weight is 324 g/mol. The lowest BCUT2D eigenvalue weighted by Crippen LogP contribution is -2.51. The molecule has 5 heteroatoms.